The number of carboxylic acids is 1. The summed E-state index contributed by atoms with van der Waals surface area (Å²) in [5.41, 5.74) is 1.98. The number of hydrogen-bond acceptors (Lipinski definition) is 2. The van der Waals surface area contributed by atoms with Crippen LogP contribution in [0.5, 0.6) is 0 Å². The quantitative estimate of drug-likeness (QED) is 0.490. The van der Waals surface area contributed by atoms with Crippen LogP contribution in [0.15, 0.2) is 84.9 Å². The predicted molar refractivity (Wildman–Crippen MR) is 111 cm³/mol. The molecule has 4 rings (SSSR count). The highest BCUT2D eigenvalue weighted by atomic mass is 16.4. The molecule has 4 aromatic rings. The Bertz CT molecular complexity index is 1120. The first-order valence-corrected chi connectivity index (χ1v) is 9.26. The molecule has 0 fully saturated rings. The Morgan fingerprint density at radius 1 is 0.786 bits per heavy atom. The first kappa shape index (κ1) is 17.8. The van der Waals surface area contributed by atoms with Gasteiger partial charge in [-0.15, -0.1) is 0 Å². The van der Waals surface area contributed by atoms with Crippen LogP contribution in [0.2, 0.25) is 0 Å². The molecule has 3 heteroatoms. The molecule has 136 valence electrons. The van der Waals surface area contributed by atoms with E-state index in [0.717, 1.165) is 32.7 Å². The number of rotatable bonds is 5. The van der Waals surface area contributed by atoms with E-state index in [4.69, 9.17) is 0 Å². The molecule has 0 amide bonds. The Morgan fingerprint density at radius 3 is 1.71 bits per heavy atom. The van der Waals surface area contributed by atoms with Gasteiger partial charge in [0.25, 0.3) is 0 Å². The maximum absolute atomic E-state index is 11.5. The van der Waals surface area contributed by atoms with Crippen molar-refractivity contribution < 1.29 is 9.90 Å². The van der Waals surface area contributed by atoms with Crippen LogP contribution in [0.25, 0.3) is 21.5 Å². The monoisotopic (exact) mass is 365 g/mol. The molecule has 0 aliphatic heterocycles. The van der Waals surface area contributed by atoms with Crippen molar-refractivity contribution in [2.75, 3.05) is 0 Å². The second-order valence-corrected chi connectivity index (χ2v) is 6.95. The van der Waals surface area contributed by atoms with Gasteiger partial charge >= 0.3 is 5.97 Å². The Kier molecular flexibility index (Phi) is 4.78. The molecule has 0 aromatic heterocycles. The molecular weight excluding hydrogens is 346 g/mol. The van der Waals surface area contributed by atoms with Gasteiger partial charge < -0.3 is 5.11 Å². The Morgan fingerprint density at radius 2 is 1.25 bits per heavy atom. The van der Waals surface area contributed by atoms with Crippen LogP contribution in [0, 0.1) is 17.2 Å². The lowest BCUT2D eigenvalue weighted by molar-refractivity contribution is -0.137. The summed E-state index contributed by atoms with van der Waals surface area (Å²) in [5.74, 6) is -1.97. The van der Waals surface area contributed by atoms with E-state index in [2.05, 4.69) is 6.07 Å². The van der Waals surface area contributed by atoms with Gasteiger partial charge in [-0.1, -0.05) is 84.9 Å². The van der Waals surface area contributed by atoms with E-state index in [1.807, 2.05) is 84.9 Å². The molecule has 1 atom stereocenters. The van der Waals surface area contributed by atoms with Crippen LogP contribution in [-0.4, -0.2) is 11.1 Å². The van der Waals surface area contributed by atoms with E-state index in [-0.39, 0.29) is 12.3 Å². The van der Waals surface area contributed by atoms with E-state index in [0.29, 0.717) is 0 Å². The van der Waals surface area contributed by atoms with Crippen molar-refractivity contribution in [2.24, 2.45) is 5.92 Å². The standard InChI is InChI=1S/C25H19NO2/c26-16-19(15-24(27)28)25(22-13-5-9-17-7-1-3-11-20(17)22)23-14-6-10-18-8-2-4-12-21(18)23/h1-14,19,25H,15H2,(H,27,28)/t19-/m0/s1. The molecule has 28 heavy (non-hydrogen) atoms. The fourth-order valence-corrected chi connectivity index (χ4v) is 4.07. The van der Waals surface area contributed by atoms with Gasteiger partial charge in [-0.05, 0) is 32.7 Å². The number of benzene rings is 4. The highest BCUT2D eigenvalue weighted by Gasteiger charge is 2.29. The molecule has 3 nitrogen and oxygen atoms in total. The van der Waals surface area contributed by atoms with Crippen molar-refractivity contribution in [3.05, 3.63) is 96.1 Å². The zero-order valence-electron chi connectivity index (χ0n) is 15.2. The Labute approximate surface area is 163 Å². The van der Waals surface area contributed by atoms with Crippen molar-refractivity contribution in [3.63, 3.8) is 0 Å². The van der Waals surface area contributed by atoms with Crippen LogP contribution in [-0.2, 0) is 4.79 Å². The Hall–Kier alpha value is -3.64. The van der Waals surface area contributed by atoms with Gasteiger partial charge in [0, 0.05) is 5.92 Å². The molecule has 0 saturated carbocycles. The number of aliphatic carboxylic acids is 1. The van der Waals surface area contributed by atoms with Gasteiger partial charge in [-0.25, -0.2) is 0 Å². The van der Waals surface area contributed by atoms with Gasteiger partial charge in [0.05, 0.1) is 18.4 Å². The minimum Gasteiger partial charge on any atom is -0.481 e. The molecule has 0 unspecified atom stereocenters. The van der Waals surface area contributed by atoms with E-state index >= 15 is 0 Å². The highest BCUT2D eigenvalue weighted by Crippen LogP contribution is 2.40. The molecule has 0 aliphatic rings. The average Bonchev–Trinajstić information content (AvgIpc) is 2.73. The molecule has 0 heterocycles. The first-order valence-electron chi connectivity index (χ1n) is 9.26. The van der Waals surface area contributed by atoms with Crippen molar-refractivity contribution in [1.29, 1.82) is 5.26 Å². The SMILES string of the molecule is N#C[C@H](CC(=O)O)C(c1cccc2ccccc12)c1cccc2ccccc12. The van der Waals surface area contributed by atoms with Gasteiger partial charge in [0.2, 0.25) is 0 Å². The zero-order chi connectivity index (χ0) is 19.5. The van der Waals surface area contributed by atoms with Crippen molar-refractivity contribution >= 4 is 27.5 Å². The molecule has 0 aliphatic carbocycles. The summed E-state index contributed by atoms with van der Waals surface area (Å²) in [6.07, 6.45) is -0.201. The third-order valence-electron chi connectivity index (χ3n) is 5.28. The second-order valence-electron chi connectivity index (χ2n) is 6.95. The summed E-state index contributed by atoms with van der Waals surface area (Å²) < 4.78 is 0. The molecule has 0 radical (unpaired) electrons. The number of nitrogens with zero attached hydrogens (tertiary/aromatic N) is 1. The van der Waals surface area contributed by atoms with Crippen LogP contribution in [0.3, 0.4) is 0 Å². The van der Waals surface area contributed by atoms with Crippen molar-refractivity contribution in [1.82, 2.24) is 0 Å². The fraction of sp³-hybridized carbons (Fsp3) is 0.120. The van der Waals surface area contributed by atoms with Crippen LogP contribution in [0.4, 0.5) is 0 Å². The molecule has 0 spiro atoms. The minimum atomic E-state index is -0.961. The van der Waals surface area contributed by atoms with E-state index in [1.54, 1.807) is 0 Å². The number of carbonyl (C=O) groups is 1. The number of carboxylic acid groups (broad SMARTS) is 1. The predicted octanol–water partition coefficient (Wildman–Crippen LogP) is 5.74. The molecular formula is C25H19NO2. The van der Waals surface area contributed by atoms with Crippen molar-refractivity contribution in [2.45, 2.75) is 12.3 Å². The summed E-state index contributed by atoms with van der Waals surface area (Å²) in [7, 11) is 0. The van der Waals surface area contributed by atoms with Crippen LogP contribution < -0.4 is 0 Å². The van der Waals surface area contributed by atoms with Gasteiger partial charge in [-0.3, -0.25) is 4.79 Å². The summed E-state index contributed by atoms with van der Waals surface area (Å²) in [5, 5.41) is 23.6. The summed E-state index contributed by atoms with van der Waals surface area (Å²) in [6.45, 7) is 0. The normalized spacial score (nSPS) is 12.1. The smallest absolute Gasteiger partial charge is 0.304 e. The number of fused-ring (bicyclic) bond motifs is 2. The largest absolute Gasteiger partial charge is 0.481 e. The van der Waals surface area contributed by atoms with E-state index in [1.165, 1.54) is 0 Å². The molecule has 0 bridgehead atoms. The lowest BCUT2D eigenvalue weighted by atomic mass is 9.76. The number of nitriles is 1. The summed E-state index contributed by atoms with van der Waals surface area (Å²) >= 11 is 0. The topological polar surface area (TPSA) is 61.1 Å². The third kappa shape index (κ3) is 3.21. The van der Waals surface area contributed by atoms with Gasteiger partial charge in [0.1, 0.15) is 0 Å². The number of hydrogen-bond donors (Lipinski definition) is 1. The summed E-state index contributed by atoms with van der Waals surface area (Å²) in [6, 6.07) is 30.4. The average molecular weight is 365 g/mol. The lowest BCUT2D eigenvalue weighted by Gasteiger charge is -2.25. The van der Waals surface area contributed by atoms with Crippen molar-refractivity contribution in [3.8, 4) is 6.07 Å². The van der Waals surface area contributed by atoms with Gasteiger partial charge in [0.15, 0.2) is 0 Å². The summed E-state index contributed by atoms with van der Waals surface area (Å²) in [4.78, 5) is 11.5. The molecule has 1 N–H and O–H groups in total. The Balaban J connectivity index is 2.02. The maximum Gasteiger partial charge on any atom is 0.304 e. The van der Waals surface area contributed by atoms with Gasteiger partial charge in [-0.2, -0.15) is 5.26 Å². The maximum atomic E-state index is 11.5. The minimum absolute atomic E-state index is 0.201. The lowest BCUT2D eigenvalue weighted by Crippen LogP contribution is -2.17. The van der Waals surface area contributed by atoms with Crippen LogP contribution >= 0.6 is 0 Å². The second kappa shape index (κ2) is 7.54. The first-order chi connectivity index (χ1) is 13.7. The zero-order valence-corrected chi connectivity index (χ0v) is 15.2. The molecule has 0 saturated heterocycles. The van der Waals surface area contributed by atoms with Crippen LogP contribution in [0.1, 0.15) is 23.5 Å². The van der Waals surface area contributed by atoms with E-state index < -0.39 is 11.9 Å². The highest BCUT2D eigenvalue weighted by molar-refractivity contribution is 5.90. The van der Waals surface area contributed by atoms with E-state index in [9.17, 15) is 15.2 Å². The third-order valence-corrected chi connectivity index (χ3v) is 5.28. The fourth-order valence-electron chi connectivity index (χ4n) is 4.07. The molecule has 4 aromatic carbocycles.